The third-order valence-electron chi connectivity index (χ3n) is 3.09. The molecular weight excluding hydrogens is 260 g/mol. The molecule has 1 aliphatic rings. The molecule has 1 fully saturated rings. The van der Waals surface area contributed by atoms with Gasteiger partial charge in [0.25, 0.3) is 0 Å². The van der Waals surface area contributed by atoms with Gasteiger partial charge in [-0.3, -0.25) is 4.79 Å². The molecule has 1 aliphatic heterocycles. The third-order valence-corrected chi connectivity index (χ3v) is 3.09. The number of rotatable bonds is 4. The number of nitrogens with one attached hydrogen (secondary N) is 1. The van der Waals surface area contributed by atoms with Crippen molar-refractivity contribution in [3.05, 3.63) is 0 Å². The van der Waals surface area contributed by atoms with Crippen LogP contribution in [0, 0.1) is 0 Å². The number of methoxy groups -OCH3 is 1. The largest absolute Gasteiger partial charge is 0.469 e. The molecule has 0 bridgehead atoms. The highest BCUT2D eigenvalue weighted by atomic mass is 16.6. The Labute approximate surface area is 120 Å². The normalized spacial score (nSPS) is 20.3. The summed E-state index contributed by atoms with van der Waals surface area (Å²) in [5.74, 6) is -0.202. The van der Waals surface area contributed by atoms with Gasteiger partial charge in [-0.15, -0.1) is 0 Å². The molecule has 6 nitrogen and oxygen atoms in total. The molecule has 1 rings (SSSR count). The van der Waals surface area contributed by atoms with E-state index >= 15 is 0 Å². The van der Waals surface area contributed by atoms with Crippen LogP contribution in [0.15, 0.2) is 0 Å². The fourth-order valence-electron chi connectivity index (χ4n) is 2.20. The van der Waals surface area contributed by atoms with E-state index in [1.807, 2.05) is 20.8 Å². The number of carbonyl (C=O) groups excluding carboxylic acids is 2. The smallest absolute Gasteiger partial charge is 0.407 e. The van der Waals surface area contributed by atoms with Crippen molar-refractivity contribution < 1.29 is 19.1 Å². The van der Waals surface area contributed by atoms with E-state index in [1.54, 1.807) is 0 Å². The number of hydrogen-bond donors (Lipinski definition) is 1. The Bertz CT molecular complexity index is 339. The van der Waals surface area contributed by atoms with Crippen molar-refractivity contribution in [1.82, 2.24) is 10.2 Å². The lowest BCUT2D eigenvalue weighted by atomic mass is 10.1. The molecule has 0 aromatic rings. The number of hydrogen-bond acceptors (Lipinski definition) is 5. The summed E-state index contributed by atoms with van der Waals surface area (Å²) < 4.78 is 9.88. The Morgan fingerprint density at radius 2 is 2.05 bits per heavy atom. The molecule has 0 aromatic carbocycles. The zero-order valence-corrected chi connectivity index (χ0v) is 12.9. The zero-order chi connectivity index (χ0) is 15.2. The SMILES string of the molecule is COC(=O)CCN1CCCC(NC(=O)OC(C)(C)C)C1. The zero-order valence-electron chi connectivity index (χ0n) is 12.9. The minimum Gasteiger partial charge on any atom is -0.469 e. The fraction of sp³-hybridized carbons (Fsp3) is 0.857. The van der Waals surface area contributed by atoms with Gasteiger partial charge in [0.1, 0.15) is 5.60 Å². The van der Waals surface area contributed by atoms with Crippen LogP contribution in [-0.2, 0) is 14.3 Å². The van der Waals surface area contributed by atoms with Crippen LogP contribution in [0.3, 0.4) is 0 Å². The lowest BCUT2D eigenvalue weighted by Crippen LogP contribution is -2.49. The molecule has 1 unspecified atom stereocenters. The standard InChI is InChI=1S/C14H26N2O4/c1-14(2,3)20-13(18)15-11-6-5-8-16(10-11)9-7-12(17)19-4/h11H,5-10H2,1-4H3,(H,15,18). The summed E-state index contributed by atoms with van der Waals surface area (Å²) in [5, 5.41) is 2.89. The van der Waals surface area contributed by atoms with E-state index in [0.29, 0.717) is 13.0 Å². The Balaban J connectivity index is 2.33. The van der Waals surface area contributed by atoms with Gasteiger partial charge >= 0.3 is 12.1 Å². The quantitative estimate of drug-likeness (QED) is 0.794. The van der Waals surface area contributed by atoms with Crippen molar-refractivity contribution in [1.29, 1.82) is 0 Å². The maximum atomic E-state index is 11.7. The number of carbonyl (C=O) groups is 2. The molecule has 20 heavy (non-hydrogen) atoms. The van der Waals surface area contributed by atoms with Gasteiger partial charge in [-0.1, -0.05) is 0 Å². The first-order chi connectivity index (χ1) is 9.30. The van der Waals surface area contributed by atoms with Gasteiger partial charge in [0.2, 0.25) is 0 Å². The maximum absolute atomic E-state index is 11.7. The fourth-order valence-corrected chi connectivity index (χ4v) is 2.20. The summed E-state index contributed by atoms with van der Waals surface area (Å²) in [6.07, 6.45) is 1.95. The summed E-state index contributed by atoms with van der Waals surface area (Å²) in [6.45, 7) is 7.89. The first kappa shape index (κ1) is 16.8. The molecule has 116 valence electrons. The molecule has 0 saturated carbocycles. The van der Waals surface area contributed by atoms with Gasteiger partial charge < -0.3 is 19.7 Å². The summed E-state index contributed by atoms with van der Waals surface area (Å²) in [7, 11) is 1.39. The molecule has 1 amide bonds. The predicted molar refractivity (Wildman–Crippen MR) is 75.5 cm³/mol. The Morgan fingerprint density at radius 3 is 2.65 bits per heavy atom. The van der Waals surface area contributed by atoms with Crippen molar-refractivity contribution in [3.8, 4) is 0 Å². The first-order valence-electron chi connectivity index (χ1n) is 7.09. The summed E-state index contributed by atoms with van der Waals surface area (Å²) in [6, 6.07) is 0.0799. The van der Waals surface area contributed by atoms with E-state index in [2.05, 4.69) is 15.0 Å². The lowest BCUT2D eigenvalue weighted by Gasteiger charge is -2.33. The number of nitrogens with zero attached hydrogens (tertiary/aromatic N) is 1. The van der Waals surface area contributed by atoms with Crippen LogP contribution >= 0.6 is 0 Å². The van der Waals surface area contributed by atoms with Crippen LogP contribution in [0.5, 0.6) is 0 Å². The molecule has 1 atom stereocenters. The second-order valence-electron chi connectivity index (χ2n) is 6.11. The second-order valence-corrected chi connectivity index (χ2v) is 6.11. The Morgan fingerprint density at radius 1 is 1.35 bits per heavy atom. The van der Waals surface area contributed by atoms with Gasteiger partial charge in [-0.05, 0) is 40.2 Å². The van der Waals surface area contributed by atoms with Gasteiger partial charge in [-0.2, -0.15) is 0 Å². The van der Waals surface area contributed by atoms with Crippen molar-refractivity contribution in [3.63, 3.8) is 0 Å². The van der Waals surface area contributed by atoms with Gasteiger partial charge in [0.05, 0.1) is 13.5 Å². The molecule has 0 spiro atoms. The van der Waals surface area contributed by atoms with Crippen LogP contribution in [-0.4, -0.2) is 55.3 Å². The molecule has 0 aromatic heterocycles. The molecule has 6 heteroatoms. The van der Waals surface area contributed by atoms with Crippen molar-refractivity contribution in [2.45, 2.75) is 51.7 Å². The molecule has 1 N–H and O–H groups in total. The topological polar surface area (TPSA) is 67.9 Å². The monoisotopic (exact) mass is 286 g/mol. The van der Waals surface area contributed by atoms with E-state index in [-0.39, 0.29) is 18.1 Å². The van der Waals surface area contributed by atoms with E-state index in [0.717, 1.165) is 25.9 Å². The van der Waals surface area contributed by atoms with E-state index < -0.39 is 5.60 Å². The highest BCUT2D eigenvalue weighted by molar-refractivity contribution is 5.69. The van der Waals surface area contributed by atoms with E-state index in [9.17, 15) is 9.59 Å². The summed E-state index contributed by atoms with van der Waals surface area (Å²) in [4.78, 5) is 25.0. The number of amides is 1. The van der Waals surface area contributed by atoms with Crippen LogP contribution in [0.25, 0.3) is 0 Å². The summed E-state index contributed by atoms with van der Waals surface area (Å²) >= 11 is 0. The average molecular weight is 286 g/mol. The molecule has 0 radical (unpaired) electrons. The van der Waals surface area contributed by atoms with Gasteiger partial charge in [-0.25, -0.2) is 4.79 Å². The number of esters is 1. The number of likely N-dealkylation sites (tertiary alicyclic amines) is 1. The summed E-state index contributed by atoms with van der Waals surface area (Å²) in [5.41, 5.74) is -0.483. The number of ether oxygens (including phenoxy) is 2. The van der Waals surface area contributed by atoms with Crippen LogP contribution in [0.4, 0.5) is 4.79 Å². The maximum Gasteiger partial charge on any atom is 0.407 e. The third kappa shape index (κ3) is 6.75. The highest BCUT2D eigenvalue weighted by Gasteiger charge is 2.24. The van der Waals surface area contributed by atoms with E-state index in [4.69, 9.17) is 4.74 Å². The predicted octanol–water partition coefficient (Wildman–Crippen LogP) is 1.54. The average Bonchev–Trinajstić information content (AvgIpc) is 2.34. The number of alkyl carbamates (subject to hydrolysis) is 1. The second kappa shape index (κ2) is 7.47. The van der Waals surface area contributed by atoms with Gasteiger partial charge in [0.15, 0.2) is 0 Å². The van der Waals surface area contributed by atoms with E-state index in [1.165, 1.54) is 7.11 Å². The highest BCUT2D eigenvalue weighted by Crippen LogP contribution is 2.12. The molecule has 0 aliphatic carbocycles. The Hall–Kier alpha value is -1.30. The van der Waals surface area contributed by atoms with Crippen LogP contribution in [0.2, 0.25) is 0 Å². The van der Waals surface area contributed by atoms with Gasteiger partial charge in [0, 0.05) is 19.1 Å². The minimum atomic E-state index is -0.483. The lowest BCUT2D eigenvalue weighted by molar-refractivity contribution is -0.141. The molecule has 1 heterocycles. The van der Waals surface area contributed by atoms with Crippen molar-refractivity contribution in [2.75, 3.05) is 26.7 Å². The molecular formula is C14H26N2O4. The van der Waals surface area contributed by atoms with Crippen LogP contribution < -0.4 is 5.32 Å². The van der Waals surface area contributed by atoms with Crippen molar-refractivity contribution in [2.24, 2.45) is 0 Å². The number of piperidine rings is 1. The minimum absolute atomic E-state index is 0.0799. The van der Waals surface area contributed by atoms with Crippen LogP contribution in [0.1, 0.15) is 40.0 Å². The first-order valence-corrected chi connectivity index (χ1v) is 7.09. The van der Waals surface area contributed by atoms with Crippen molar-refractivity contribution >= 4 is 12.1 Å². The Kier molecular flexibility index (Phi) is 6.26. The molecule has 1 saturated heterocycles.